The largest absolute Gasteiger partial charge is 0.465 e. The molecule has 1 aliphatic carbocycles. The number of imide groups is 1. The highest BCUT2D eigenvalue weighted by Gasteiger charge is 2.48. The summed E-state index contributed by atoms with van der Waals surface area (Å²) >= 11 is 1.43. The number of carbonyl (C=O) groups excluding carboxylic acids is 3. The van der Waals surface area contributed by atoms with E-state index in [1.807, 2.05) is 42.5 Å². The normalized spacial score (nSPS) is 23.2. The molecule has 0 radical (unpaired) electrons. The molecule has 1 unspecified atom stereocenters. The number of rotatable bonds is 5. The van der Waals surface area contributed by atoms with Crippen molar-refractivity contribution < 1.29 is 19.1 Å². The highest BCUT2D eigenvalue weighted by atomic mass is 32.2. The minimum atomic E-state index is -0.897. The van der Waals surface area contributed by atoms with E-state index < -0.39 is 10.8 Å². The van der Waals surface area contributed by atoms with E-state index in [1.54, 1.807) is 31.2 Å². The van der Waals surface area contributed by atoms with Crippen LogP contribution in [0.3, 0.4) is 0 Å². The molecule has 0 N–H and O–H groups in total. The lowest BCUT2D eigenvalue weighted by Crippen LogP contribution is -2.48. The number of ether oxygens (including phenoxy) is 1. The first-order chi connectivity index (χ1) is 14.1. The summed E-state index contributed by atoms with van der Waals surface area (Å²) in [6.07, 6.45) is 4.52. The quantitative estimate of drug-likeness (QED) is 0.424. The zero-order valence-corrected chi connectivity index (χ0v) is 16.9. The number of esters is 1. The van der Waals surface area contributed by atoms with Gasteiger partial charge in [0.25, 0.3) is 11.8 Å². The first-order valence-electron chi connectivity index (χ1n) is 9.60. The van der Waals surface area contributed by atoms with Crippen LogP contribution >= 0.6 is 11.8 Å². The fourth-order valence-electron chi connectivity index (χ4n) is 3.86. The fourth-order valence-corrected chi connectivity index (χ4v) is 5.18. The second-order valence-electron chi connectivity index (χ2n) is 7.06. The summed E-state index contributed by atoms with van der Waals surface area (Å²) in [6, 6.07) is 16.0. The Kier molecular flexibility index (Phi) is 5.28. The maximum atomic E-state index is 13.0. The van der Waals surface area contributed by atoms with Crippen LogP contribution in [0.25, 0.3) is 0 Å². The van der Waals surface area contributed by atoms with Crippen LogP contribution in [0.2, 0.25) is 0 Å². The highest BCUT2D eigenvalue weighted by Crippen LogP contribution is 2.44. The van der Waals surface area contributed by atoms with E-state index >= 15 is 0 Å². The molecule has 2 atom stereocenters. The SMILES string of the molecule is CCOC(=O)C1(Sc2ccccc2)CC=C[C@@H](N2C(=O)c3ccccc3C2=O)C1. The highest BCUT2D eigenvalue weighted by molar-refractivity contribution is 8.01. The summed E-state index contributed by atoms with van der Waals surface area (Å²) in [6.45, 7) is 2.05. The van der Waals surface area contributed by atoms with Gasteiger partial charge in [0, 0.05) is 4.90 Å². The van der Waals surface area contributed by atoms with Crippen LogP contribution in [-0.2, 0) is 9.53 Å². The number of nitrogens with zero attached hydrogens (tertiary/aromatic N) is 1. The Hall–Kier alpha value is -2.86. The van der Waals surface area contributed by atoms with Crippen LogP contribution in [0.15, 0.2) is 71.6 Å². The van der Waals surface area contributed by atoms with Gasteiger partial charge in [-0.15, -0.1) is 11.8 Å². The zero-order chi connectivity index (χ0) is 20.4. The average molecular weight is 407 g/mol. The third kappa shape index (κ3) is 3.49. The molecule has 2 aromatic rings. The lowest BCUT2D eigenvalue weighted by Gasteiger charge is -2.37. The number of hydrogen-bond acceptors (Lipinski definition) is 5. The maximum absolute atomic E-state index is 13.0. The molecule has 5 nitrogen and oxygen atoms in total. The van der Waals surface area contributed by atoms with Crippen molar-refractivity contribution in [2.45, 2.75) is 35.4 Å². The van der Waals surface area contributed by atoms with Crippen molar-refractivity contribution in [3.05, 3.63) is 77.9 Å². The van der Waals surface area contributed by atoms with Crippen molar-refractivity contribution in [3.8, 4) is 0 Å². The lowest BCUT2D eigenvalue weighted by molar-refractivity contribution is -0.146. The Bertz CT molecular complexity index is 952. The maximum Gasteiger partial charge on any atom is 0.322 e. The molecular formula is C23H21NO4S. The topological polar surface area (TPSA) is 63.7 Å². The van der Waals surface area contributed by atoms with Gasteiger partial charge in [0.05, 0.1) is 23.8 Å². The van der Waals surface area contributed by atoms with Gasteiger partial charge in [0.15, 0.2) is 0 Å². The molecule has 0 saturated carbocycles. The Morgan fingerprint density at radius 1 is 1.07 bits per heavy atom. The minimum Gasteiger partial charge on any atom is -0.465 e. The molecule has 0 saturated heterocycles. The van der Waals surface area contributed by atoms with E-state index in [0.29, 0.717) is 24.0 Å². The van der Waals surface area contributed by atoms with Gasteiger partial charge in [0.2, 0.25) is 0 Å². The zero-order valence-electron chi connectivity index (χ0n) is 16.0. The Balaban J connectivity index is 1.66. The Labute approximate surface area is 173 Å². The molecule has 4 rings (SSSR count). The van der Waals surface area contributed by atoms with Crippen LogP contribution in [-0.4, -0.2) is 40.1 Å². The predicted molar refractivity (Wildman–Crippen MR) is 111 cm³/mol. The Morgan fingerprint density at radius 2 is 1.69 bits per heavy atom. The molecule has 148 valence electrons. The van der Waals surface area contributed by atoms with E-state index in [4.69, 9.17) is 4.74 Å². The standard InChI is InChI=1S/C23H21NO4S/c1-2-28-22(27)23(29-17-10-4-3-5-11-17)14-8-9-16(15-23)24-20(25)18-12-6-7-13-19(18)21(24)26/h3-13,16H,2,14-15H2,1H3/t16-,23?/m1/s1. The van der Waals surface area contributed by atoms with Crippen molar-refractivity contribution in [3.63, 3.8) is 0 Å². The number of carbonyl (C=O) groups is 3. The van der Waals surface area contributed by atoms with Gasteiger partial charge in [-0.05, 0) is 44.0 Å². The number of allylic oxidation sites excluding steroid dienone is 1. The van der Waals surface area contributed by atoms with Gasteiger partial charge < -0.3 is 4.74 Å². The van der Waals surface area contributed by atoms with Gasteiger partial charge in [-0.25, -0.2) is 0 Å². The number of thioether (sulfide) groups is 1. The number of amides is 2. The lowest BCUT2D eigenvalue weighted by atomic mass is 9.89. The third-order valence-electron chi connectivity index (χ3n) is 5.21. The van der Waals surface area contributed by atoms with Gasteiger partial charge in [-0.1, -0.05) is 42.5 Å². The molecule has 29 heavy (non-hydrogen) atoms. The fraction of sp³-hybridized carbons (Fsp3) is 0.261. The number of fused-ring (bicyclic) bond motifs is 1. The summed E-state index contributed by atoms with van der Waals surface area (Å²) in [5.41, 5.74) is 0.822. The summed E-state index contributed by atoms with van der Waals surface area (Å²) in [4.78, 5) is 41.1. The van der Waals surface area contributed by atoms with Crippen molar-refractivity contribution >= 4 is 29.5 Å². The third-order valence-corrected chi connectivity index (χ3v) is 6.60. The molecule has 1 aliphatic heterocycles. The van der Waals surface area contributed by atoms with E-state index in [1.165, 1.54) is 16.7 Å². The van der Waals surface area contributed by atoms with E-state index in [0.717, 1.165) is 4.90 Å². The summed E-state index contributed by atoms with van der Waals surface area (Å²) in [5.74, 6) is -0.950. The second kappa shape index (κ2) is 7.87. The van der Waals surface area contributed by atoms with Crippen LogP contribution in [0.1, 0.15) is 40.5 Å². The van der Waals surface area contributed by atoms with Crippen LogP contribution in [0.4, 0.5) is 0 Å². The molecule has 0 bridgehead atoms. The molecule has 0 aromatic heterocycles. The second-order valence-corrected chi connectivity index (χ2v) is 8.52. The van der Waals surface area contributed by atoms with Crippen LogP contribution in [0, 0.1) is 0 Å². The minimum absolute atomic E-state index is 0.275. The molecule has 2 aromatic carbocycles. The Morgan fingerprint density at radius 3 is 2.31 bits per heavy atom. The molecule has 0 fully saturated rings. The van der Waals surface area contributed by atoms with Crippen molar-refractivity contribution in [1.29, 1.82) is 0 Å². The van der Waals surface area contributed by atoms with Crippen LogP contribution < -0.4 is 0 Å². The first-order valence-corrected chi connectivity index (χ1v) is 10.4. The molecule has 1 heterocycles. The van der Waals surface area contributed by atoms with Gasteiger partial charge in [-0.2, -0.15) is 0 Å². The summed E-state index contributed by atoms with van der Waals surface area (Å²) < 4.78 is 4.50. The average Bonchev–Trinajstić information content (AvgIpc) is 3.00. The smallest absolute Gasteiger partial charge is 0.322 e. The summed E-state index contributed by atoms with van der Waals surface area (Å²) in [5, 5.41) is 0. The van der Waals surface area contributed by atoms with E-state index in [2.05, 4.69) is 0 Å². The molecule has 2 aliphatic rings. The van der Waals surface area contributed by atoms with Crippen LogP contribution in [0.5, 0.6) is 0 Å². The molecule has 6 heteroatoms. The van der Waals surface area contributed by atoms with Crippen molar-refractivity contribution in [1.82, 2.24) is 4.90 Å². The summed E-state index contributed by atoms with van der Waals surface area (Å²) in [7, 11) is 0. The van der Waals surface area contributed by atoms with Gasteiger partial charge >= 0.3 is 5.97 Å². The van der Waals surface area contributed by atoms with Crippen molar-refractivity contribution in [2.24, 2.45) is 0 Å². The van der Waals surface area contributed by atoms with Gasteiger partial charge in [-0.3, -0.25) is 19.3 Å². The molecule has 0 spiro atoms. The first kappa shape index (κ1) is 19.5. The van der Waals surface area contributed by atoms with Crippen molar-refractivity contribution in [2.75, 3.05) is 6.61 Å². The molecular weight excluding hydrogens is 386 g/mol. The predicted octanol–water partition coefficient (Wildman–Crippen LogP) is 4.10. The van der Waals surface area contributed by atoms with E-state index in [-0.39, 0.29) is 24.4 Å². The van der Waals surface area contributed by atoms with E-state index in [9.17, 15) is 14.4 Å². The monoisotopic (exact) mass is 407 g/mol. The van der Waals surface area contributed by atoms with Gasteiger partial charge in [0.1, 0.15) is 4.75 Å². The number of hydrogen-bond donors (Lipinski definition) is 0. The molecule has 2 amide bonds. The number of benzene rings is 2.